The van der Waals surface area contributed by atoms with Crippen LogP contribution in [0.1, 0.15) is 77.8 Å². The van der Waals surface area contributed by atoms with Crippen molar-refractivity contribution in [1.29, 1.82) is 0 Å². The number of ether oxygens (including phenoxy) is 1. The van der Waals surface area contributed by atoms with Crippen LogP contribution in [0.3, 0.4) is 0 Å². The fourth-order valence-electron chi connectivity index (χ4n) is 4.06. The van der Waals surface area contributed by atoms with E-state index in [1.54, 1.807) is 13.8 Å². The standard InChI is InChI=1S/C23H32N2O4/c1-15(19(26)29-18-9-7-6-8-10-18)25-20(27)23(5,24-21(25)28)17-13-11-16(12-14-17)22(2,3)4/h11-15,18H,6-10H2,1-5H3,(H,24,28). The first-order chi connectivity index (χ1) is 13.5. The first-order valence-corrected chi connectivity index (χ1v) is 10.5. The van der Waals surface area contributed by atoms with Crippen LogP contribution in [0.2, 0.25) is 0 Å². The van der Waals surface area contributed by atoms with Crippen molar-refractivity contribution in [2.45, 2.75) is 89.8 Å². The second kappa shape index (κ2) is 7.81. The van der Waals surface area contributed by atoms with E-state index in [9.17, 15) is 14.4 Å². The molecule has 1 heterocycles. The maximum absolute atomic E-state index is 13.2. The van der Waals surface area contributed by atoms with Gasteiger partial charge in [-0.25, -0.2) is 14.5 Å². The Balaban J connectivity index is 1.76. The van der Waals surface area contributed by atoms with Crippen molar-refractivity contribution in [2.24, 2.45) is 0 Å². The number of esters is 1. The number of rotatable bonds is 4. The Morgan fingerprint density at radius 1 is 1.14 bits per heavy atom. The largest absolute Gasteiger partial charge is 0.461 e. The molecule has 1 saturated carbocycles. The number of nitrogens with one attached hydrogen (secondary N) is 1. The van der Waals surface area contributed by atoms with E-state index in [1.165, 1.54) is 0 Å². The molecule has 2 aliphatic rings. The molecular weight excluding hydrogens is 368 g/mol. The van der Waals surface area contributed by atoms with Crippen molar-refractivity contribution in [3.05, 3.63) is 35.4 Å². The van der Waals surface area contributed by atoms with Gasteiger partial charge in [0.2, 0.25) is 0 Å². The molecule has 0 bridgehead atoms. The van der Waals surface area contributed by atoms with E-state index in [2.05, 4.69) is 26.1 Å². The second-order valence-corrected chi connectivity index (χ2v) is 9.43. The van der Waals surface area contributed by atoms with Gasteiger partial charge in [0.05, 0.1) is 0 Å². The number of hydrogen-bond acceptors (Lipinski definition) is 4. The summed E-state index contributed by atoms with van der Waals surface area (Å²) >= 11 is 0. The molecule has 1 aromatic carbocycles. The molecule has 2 atom stereocenters. The summed E-state index contributed by atoms with van der Waals surface area (Å²) in [5, 5.41) is 2.77. The maximum atomic E-state index is 13.2. The minimum Gasteiger partial charge on any atom is -0.461 e. The molecule has 1 N–H and O–H groups in total. The Bertz CT molecular complexity index is 790. The Morgan fingerprint density at radius 3 is 2.28 bits per heavy atom. The van der Waals surface area contributed by atoms with Crippen molar-refractivity contribution in [3.8, 4) is 0 Å². The predicted octanol–water partition coefficient (Wildman–Crippen LogP) is 4.02. The molecule has 2 unspecified atom stereocenters. The third-order valence-corrected chi connectivity index (χ3v) is 6.11. The number of imide groups is 1. The lowest BCUT2D eigenvalue weighted by atomic mass is 9.84. The van der Waals surface area contributed by atoms with Crippen LogP contribution in [0.5, 0.6) is 0 Å². The molecule has 3 amide bonds. The van der Waals surface area contributed by atoms with Crippen LogP contribution in [-0.2, 0) is 25.3 Å². The summed E-state index contributed by atoms with van der Waals surface area (Å²) in [6, 6.07) is 6.17. The summed E-state index contributed by atoms with van der Waals surface area (Å²) in [5.74, 6) is -0.952. The van der Waals surface area contributed by atoms with Crippen molar-refractivity contribution in [3.63, 3.8) is 0 Å². The molecule has 0 aromatic heterocycles. The number of hydrogen-bond donors (Lipinski definition) is 1. The zero-order valence-electron chi connectivity index (χ0n) is 18.1. The molecule has 6 heteroatoms. The van der Waals surface area contributed by atoms with E-state index in [1.807, 2.05) is 24.3 Å². The molecule has 158 valence electrons. The zero-order valence-corrected chi connectivity index (χ0v) is 18.1. The average Bonchev–Trinajstić information content (AvgIpc) is 2.91. The fraction of sp³-hybridized carbons (Fsp3) is 0.609. The van der Waals surface area contributed by atoms with Gasteiger partial charge in [-0.3, -0.25) is 4.79 Å². The molecule has 0 radical (unpaired) electrons. The molecule has 0 spiro atoms. The summed E-state index contributed by atoms with van der Waals surface area (Å²) in [6.07, 6.45) is 4.81. The van der Waals surface area contributed by atoms with Crippen molar-refractivity contribution >= 4 is 17.9 Å². The van der Waals surface area contributed by atoms with Crippen molar-refractivity contribution in [2.75, 3.05) is 0 Å². The van der Waals surface area contributed by atoms with Gasteiger partial charge in [0.25, 0.3) is 5.91 Å². The first kappa shape index (κ1) is 21.3. The minimum absolute atomic E-state index is 0.00814. The van der Waals surface area contributed by atoms with Crippen LogP contribution in [0.25, 0.3) is 0 Å². The summed E-state index contributed by atoms with van der Waals surface area (Å²) in [5.41, 5.74) is 0.626. The Morgan fingerprint density at radius 2 is 1.72 bits per heavy atom. The van der Waals surface area contributed by atoms with Crippen LogP contribution in [-0.4, -0.2) is 35.0 Å². The molecule has 1 aliphatic heterocycles. The highest BCUT2D eigenvalue weighted by Gasteiger charge is 2.52. The maximum Gasteiger partial charge on any atom is 0.329 e. The average molecular weight is 401 g/mol. The Labute approximate surface area is 173 Å². The lowest BCUT2D eigenvalue weighted by Gasteiger charge is -2.27. The lowest BCUT2D eigenvalue weighted by Crippen LogP contribution is -2.46. The number of amides is 3. The minimum atomic E-state index is -1.20. The van der Waals surface area contributed by atoms with E-state index >= 15 is 0 Å². The second-order valence-electron chi connectivity index (χ2n) is 9.43. The molecule has 1 saturated heterocycles. The third-order valence-electron chi connectivity index (χ3n) is 6.11. The number of nitrogens with zero attached hydrogens (tertiary/aromatic N) is 1. The molecular formula is C23H32N2O4. The van der Waals surface area contributed by atoms with E-state index in [0.717, 1.165) is 42.6 Å². The third kappa shape index (κ3) is 4.16. The highest BCUT2D eigenvalue weighted by molar-refractivity contribution is 6.09. The van der Waals surface area contributed by atoms with E-state index in [-0.39, 0.29) is 11.5 Å². The Kier molecular flexibility index (Phi) is 5.74. The molecule has 29 heavy (non-hydrogen) atoms. The highest BCUT2D eigenvalue weighted by Crippen LogP contribution is 2.32. The normalized spacial score (nSPS) is 24.4. The Hall–Kier alpha value is -2.37. The van der Waals surface area contributed by atoms with Crippen molar-refractivity contribution in [1.82, 2.24) is 10.2 Å². The molecule has 6 nitrogen and oxygen atoms in total. The number of urea groups is 1. The summed E-state index contributed by atoms with van der Waals surface area (Å²) in [7, 11) is 0. The molecule has 1 aliphatic carbocycles. The smallest absolute Gasteiger partial charge is 0.329 e. The quantitative estimate of drug-likeness (QED) is 0.612. The SMILES string of the molecule is CC(C(=O)OC1CCCCC1)N1C(=O)NC(C)(c2ccc(C(C)(C)C)cc2)C1=O. The van der Waals surface area contributed by atoms with Gasteiger partial charge in [-0.2, -0.15) is 0 Å². The lowest BCUT2D eigenvalue weighted by molar-refractivity contribution is -0.158. The van der Waals surface area contributed by atoms with Crippen LogP contribution < -0.4 is 5.32 Å². The summed E-state index contributed by atoms with van der Waals surface area (Å²) in [4.78, 5) is 39.4. The summed E-state index contributed by atoms with van der Waals surface area (Å²) in [6.45, 7) is 9.59. The highest BCUT2D eigenvalue weighted by atomic mass is 16.5. The fourth-order valence-corrected chi connectivity index (χ4v) is 4.06. The van der Waals surface area contributed by atoms with Gasteiger partial charge >= 0.3 is 12.0 Å². The van der Waals surface area contributed by atoms with Crippen LogP contribution in [0, 0.1) is 0 Å². The first-order valence-electron chi connectivity index (χ1n) is 10.5. The number of benzene rings is 1. The van der Waals surface area contributed by atoms with Gasteiger partial charge in [0, 0.05) is 0 Å². The molecule has 2 fully saturated rings. The van der Waals surface area contributed by atoms with Crippen LogP contribution >= 0.6 is 0 Å². The van der Waals surface area contributed by atoms with Gasteiger partial charge in [-0.05, 0) is 56.1 Å². The number of carbonyl (C=O) groups is 3. The monoisotopic (exact) mass is 400 g/mol. The predicted molar refractivity (Wildman–Crippen MR) is 110 cm³/mol. The number of carbonyl (C=O) groups excluding carboxylic acids is 3. The van der Waals surface area contributed by atoms with E-state index in [4.69, 9.17) is 4.74 Å². The van der Waals surface area contributed by atoms with Gasteiger partial charge in [-0.15, -0.1) is 0 Å². The van der Waals surface area contributed by atoms with Gasteiger partial charge in [0.15, 0.2) is 0 Å². The van der Waals surface area contributed by atoms with E-state index in [0.29, 0.717) is 5.56 Å². The van der Waals surface area contributed by atoms with Gasteiger partial charge < -0.3 is 10.1 Å². The topological polar surface area (TPSA) is 75.7 Å². The summed E-state index contributed by atoms with van der Waals surface area (Å²) < 4.78 is 5.58. The van der Waals surface area contributed by atoms with Crippen LogP contribution in [0.15, 0.2) is 24.3 Å². The zero-order chi connectivity index (χ0) is 21.4. The van der Waals surface area contributed by atoms with Gasteiger partial charge in [0.1, 0.15) is 17.7 Å². The van der Waals surface area contributed by atoms with Gasteiger partial charge in [-0.1, -0.05) is 51.5 Å². The van der Waals surface area contributed by atoms with Crippen LogP contribution in [0.4, 0.5) is 4.79 Å². The molecule has 1 aromatic rings. The van der Waals surface area contributed by atoms with Crippen molar-refractivity contribution < 1.29 is 19.1 Å². The molecule has 3 rings (SSSR count). The van der Waals surface area contributed by atoms with E-state index < -0.39 is 29.5 Å².